The van der Waals surface area contributed by atoms with Crippen LogP contribution in [-0.4, -0.2) is 34.3 Å². The molecular weight excluding hydrogens is 311 g/mol. The summed E-state index contributed by atoms with van der Waals surface area (Å²) < 4.78 is 18.9. The summed E-state index contributed by atoms with van der Waals surface area (Å²) in [6, 6.07) is 6.26. The number of carbonyl (C=O) groups is 1. The highest BCUT2D eigenvalue weighted by atomic mass is 19.1. The zero-order valence-electron chi connectivity index (χ0n) is 13.5. The van der Waals surface area contributed by atoms with Gasteiger partial charge in [0.15, 0.2) is 5.69 Å². The topological polar surface area (TPSA) is 77.0 Å². The number of nitrogens with one attached hydrogen (secondary N) is 1. The van der Waals surface area contributed by atoms with Gasteiger partial charge in [-0.25, -0.2) is 9.18 Å². The number of ether oxygens (including phenoxy) is 1. The molecule has 0 unspecified atom stereocenters. The van der Waals surface area contributed by atoms with Crippen LogP contribution in [0.3, 0.4) is 0 Å². The van der Waals surface area contributed by atoms with Crippen molar-refractivity contribution in [2.45, 2.75) is 31.6 Å². The molecule has 6 nitrogen and oxygen atoms in total. The van der Waals surface area contributed by atoms with Gasteiger partial charge in [-0.15, -0.1) is 10.2 Å². The Balaban J connectivity index is 1.68. The Bertz CT molecular complexity index is 717. The van der Waals surface area contributed by atoms with Crippen LogP contribution in [0.15, 0.2) is 30.5 Å². The lowest BCUT2D eigenvalue weighted by atomic mass is 9.66. The van der Waals surface area contributed by atoms with E-state index in [1.165, 1.54) is 6.07 Å². The monoisotopic (exact) mass is 330 g/mol. The first-order valence-corrected chi connectivity index (χ1v) is 8.00. The number of nitrogens with zero attached hydrogens (tertiary/aromatic N) is 3. The maximum absolute atomic E-state index is 14.1. The van der Waals surface area contributed by atoms with Crippen LogP contribution in [0.4, 0.5) is 10.2 Å². The van der Waals surface area contributed by atoms with Gasteiger partial charge in [0.25, 0.3) is 0 Å². The maximum Gasteiger partial charge on any atom is 0.358 e. The third-order valence-electron chi connectivity index (χ3n) is 4.33. The Morgan fingerprint density at radius 2 is 2.17 bits per heavy atom. The van der Waals surface area contributed by atoms with Gasteiger partial charge in [-0.1, -0.05) is 6.42 Å². The van der Waals surface area contributed by atoms with E-state index in [1.807, 2.05) is 0 Å². The summed E-state index contributed by atoms with van der Waals surface area (Å²) in [4.78, 5) is 15.8. The second-order valence-corrected chi connectivity index (χ2v) is 5.85. The SMILES string of the molecule is CCOC(=O)c1ccc(NCC2(c3ncccc3F)CCC2)nn1. The van der Waals surface area contributed by atoms with Gasteiger partial charge in [-0.05, 0) is 44.0 Å². The van der Waals surface area contributed by atoms with Crippen LogP contribution in [0, 0.1) is 5.82 Å². The van der Waals surface area contributed by atoms with E-state index in [1.54, 1.807) is 31.3 Å². The van der Waals surface area contributed by atoms with Crippen LogP contribution in [0.1, 0.15) is 42.4 Å². The summed E-state index contributed by atoms with van der Waals surface area (Å²) in [5.41, 5.74) is 0.351. The molecule has 0 radical (unpaired) electrons. The molecule has 0 atom stereocenters. The molecule has 7 heteroatoms. The Morgan fingerprint density at radius 3 is 2.75 bits per heavy atom. The van der Waals surface area contributed by atoms with E-state index in [9.17, 15) is 9.18 Å². The second-order valence-electron chi connectivity index (χ2n) is 5.85. The van der Waals surface area contributed by atoms with Crippen molar-refractivity contribution < 1.29 is 13.9 Å². The maximum atomic E-state index is 14.1. The lowest BCUT2D eigenvalue weighted by Gasteiger charge is -2.41. The molecule has 3 rings (SSSR count). The van der Waals surface area contributed by atoms with Gasteiger partial charge >= 0.3 is 5.97 Å². The number of anilines is 1. The van der Waals surface area contributed by atoms with Crippen molar-refractivity contribution in [3.63, 3.8) is 0 Å². The van der Waals surface area contributed by atoms with Crippen LogP contribution in [-0.2, 0) is 10.2 Å². The van der Waals surface area contributed by atoms with Crippen molar-refractivity contribution in [1.82, 2.24) is 15.2 Å². The van der Waals surface area contributed by atoms with Crippen LogP contribution < -0.4 is 5.32 Å². The van der Waals surface area contributed by atoms with E-state index in [4.69, 9.17) is 4.74 Å². The number of hydrogen-bond acceptors (Lipinski definition) is 6. The number of aromatic nitrogens is 3. The molecule has 1 fully saturated rings. The smallest absolute Gasteiger partial charge is 0.358 e. The molecule has 126 valence electrons. The first-order chi connectivity index (χ1) is 11.6. The minimum Gasteiger partial charge on any atom is -0.461 e. The summed E-state index contributed by atoms with van der Waals surface area (Å²) >= 11 is 0. The second kappa shape index (κ2) is 6.90. The quantitative estimate of drug-likeness (QED) is 0.821. The van der Waals surface area contributed by atoms with Crippen LogP contribution in [0.25, 0.3) is 0 Å². The molecule has 2 heterocycles. The Morgan fingerprint density at radius 1 is 1.33 bits per heavy atom. The Kier molecular flexibility index (Phi) is 4.69. The highest BCUT2D eigenvalue weighted by molar-refractivity contribution is 5.87. The molecule has 0 spiro atoms. The molecule has 24 heavy (non-hydrogen) atoms. The third-order valence-corrected chi connectivity index (χ3v) is 4.33. The van der Waals surface area contributed by atoms with Crippen molar-refractivity contribution in [1.29, 1.82) is 0 Å². The Hall–Kier alpha value is -2.57. The van der Waals surface area contributed by atoms with Crippen LogP contribution >= 0.6 is 0 Å². The lowest BCUT2D eigenvalue weighted by molar-refractivity contribution is 0.0518. The van der Waals surface area contributed by atoms with Gasteiger partial charge in [0.1, 0.15) is 11.6 Å². The standard InChI is InChI=1S/C17H19FN4O2/c1-2-24-16(23)13-6-7-14(22-21-13)20-11-17(8-4-9-17)15-12(18)5-3-10-19-15/h3,5-7,10H,2,4,8-9,11H2,1H3,(H,20,22). The zero-order valence-corrected chi connectivity index (χ0v) is 13.5. The number of hydrogen-bond donors (Lipinski definition) is 1. The first-order valence-electron chi connectivity index (χ1n) is 8.00. The van der Waals surface area contributed by atoms with Crippen molar-refractivity contribution in [3.8, 4) is 0 Å². The predicted molar refractivity (Wildman–Crippen MR) is 86.2 cm³/mol. The normalized spacial score (nSPS) is 15.4. The fraction of sp³-hybridized carbons (Fsp3) is 0.412. The van der Waals surface area contributed by atoms with Gasteiger partial charge in [-0.2, -0.15) is 0 Å². The Labute approximate surface area is 139 Å². The molecule has 0 saturated heterocycles. The van der Waals surface area contributed by atoms with Crippen LogP contribution in [0.2, 0.25) is 0 Å². The highest BCUT2D eigenvalue weighted by Gasteiger charge is 2.41. The van der Waals surface area contributed by atoms with Crippen molar-refractivity contribution >= 4 is 11.8 Å². The van der Waals surface area contributed by atoms with E-state index in [2.05, 4.69) is 20.5 Å². The van der Waals surface area contributed by atoms with Gasteiger partial charge in [0.2, 0.25) is 0 Å². The van der Waals surface area contributed by atoms with Crippen molar-refractivity contribution in [2.75, 3.05) is 18.5 Å². The van der Waals surface area contributed by atoms with E-state index >= 15 is 0 Å². The average molecular weight is 330 g/mol. The summed E-state index contributed by atoms with van der Waals surface area (Å²) in [5, 5.41) is 11.0. The largest absolute Gasteiger partial charge is 0.461 e. The third kappa shape index (κ3) is 3.20. The predicted octanol–water partition coefficient (Wildman–Crippen LogP) is 2.72. The van der Waals surface area contributed by atoms with Gasteiger partial charge < -0.3 is 10.1 Å². The fourth-order valence-corrected chi connectivity index (χ4v) is 2.88. The van der Waals surface area contributed by atoms with E-state index < -0.39 is 5.97 Å². The molecule has 1 aliphatic carbocycles. The molecule has 2 aromatic heterocycles. The number of pyridine rings is 1. The first kappa shape index (κ1) is 16.3. The number of rotatable bonds is 6. The van der Waals surface area contributed by atoms with Crippen molar-refractivity contribution in [2.24, 2.45) is 0 Å². The van der Waals surface area contributed by atoms with E-state index in [0.717, 1.165) is 19.3 Å². The number of carbonyl (C=O) groups excluding carboxylic acids is 1. The average Bonchev–Trinajstić information content (AvgIpc) is 2.56. The van der Waals surface area contributed by atoms with Gasteiger partial charge in [-0.3, -0.25) is 4.98 Å². The summed E-state index contributed by atoms with van der Waals surface area (Å²) in [7, 11) is 0. The summed E-state index contributed by atoms with van der Waals surface area (Å²) in [6.07, 6.45) is 4.42. The molecule has 1 saturated carbocycles. The number of esters is 1. The minimum atomic E-state index is -0.498. The van der Waals surface area contributed by atoms with Gasteiger partial charge in [0.05, 0.1) is 12.3 Å². The minimum absolute atomic E-state index is 0.163. The molecular formula is C17H19FN4O2. The molecule has 2 aromatic rings. The fourth-order valence-electron chi connectivity index (χ4n) is 2.88. The molecule has 0 bridgehead atoms. The van der Waals surface area contributed by atoms with Gasteiger partial charge in [0, 0.05) is 18.2 Å². The molecule has 1 aliphatic rings. The van der Waals surface area contributed by atoms with Crippen molar-refractivity contribution in [3.05, 3.63) is 47.7 Å². The summed E-state index contributed by atoms with van der Waals surface area (Å²) in [6.45, 7) is 2.54. The van der Waals surface area contributed by atoms with E-state index in [0.29, 0.717) is 24.7 Å². The lowest BCUT2D eigenvalue weighted by Crippen LogP contribution is -2.42. The molecule has 0 aromatic carbocycles. The van der Waals surface area contributed by atoms with E-state index in [-0.39, 0.29) is 16.9 Å². The molecule has 0 aliphatic heterocycles. The van der Waals surface area contributed by atoms with Crippen LogP contribution in [0.5, 0.6) is 0 Å². The highest BCUT2D eigenvalue weighted by Crippen LogP contribution is 2.43. The molecule has 1 N–H and O–H groups in total. The zero-order chi connectivity index (χ0) is 17.0. The summed E-state index contributed by atoms with van der Waals surface area (Å²) in [5.74, 6) is -0.240. The number of halogens is 1. The molecule has 0 amide bonds.